The quantitative estimate of drug-likeness (QED) is 0.852. The highest BCUT2D eigenvalue weighted by atomic mass is 35.5. The zero-order valence-corrected chi connectivity index (χ0v) is 13.5. The van der Waals surface area contributed by atoms with Crippen LogP contribution >= 0.6 is 11.6 Å². The van der Waals surface area contributed by atoms with Crippen LogP contribution in [0.2, 0.25) is 5.15 Å². The number of benzene rings is 1. The number of rotatable bonds is 7. The first-order valence-electron chi connectivity index (χ1n) is 7.15. The number of ether oxygens (including phenoxy) is 1. The van der Waals surface area contributed by atoms with Crippen LogP contribution in [-0.4, -0.2) is 16.1 Å². The van der Waals surface area contributed by atoms with Crippen molar-refractivity contribution in [2.75, 3.05) is 6.54 Å². The van der Waals surface area contributed by atoms with Crippen LogP contribution in [0.15, 0.2) is 30.5 Å². The number of hydrogen-bond acceptors (Lipinski definition) is 3. The van der Waals surface area contributed by atoms with E-state index in [9.17, 15) is 0 Å². The molecular formula is C16H22ClN3O. The molecule has 1 N–H and O–H groups in total. The molecule has 0 aliphatic carbocycles. The Balaban J connectivity index is 1.83. The van der Waals surface area contributed by atoms with Gasteiger partial charge >= 0.3 is 0 Å². The Labute approximate surface area is 131 Å². The normalized spacial score (nSPS) is 11.1. The molecule has 0 saturated carbocycles. The Bertz CT molecular complexity index is 563. The number of hydrogen-bond donors (Lipinski definition) is 1. The number of halogens is 1. The second-order valence-corrected chi connectivity index (χ2v) is 5.90. The van der Waals surface area contributed by atoms with E-state index in [1.165, 1.54) is 5.56 Å². The lowest BCUT2D eigenvalue weighted by Crippen LogP contribution is -2.18. The van der Waals surface area contributed by atoms with Gasteiger partial charge in [0.2, 0.25) is 0 Å². The van der Waals surface area contributed by atoms with Gasteiger partial charge in [-0.3, -0.25) is 0 Å². The first-order valence-corrected chi connectivity index (χ1v) is 7.52. The lowest BCUT2D eigenvalue weighted by Gasteiger charge is -2.09. The van der Waals surface area contributed by atoms with Gasteiger partial charge in [-0.2, -0.15) is 0 Å². The fourth-order valence-corrected chi connectivity index (χ4v) is 2.06. The summed E-state index contributed by atoms with van der Waals surface area (Å²) in [6.45, 7) is 6.72. The highest BCUT2D eigenvalue weighted by Gasteiger charge is 2.05. The van der Waals surface area contributed by atoms with Gasteiger partial charge in [0.15, 0.2) is 0 Å². The summed E-state index contributed by atoms with van der Waals surface area (Å²) in [6, 6.07) is 8.12. The molecule has 0 atom stereocenters. The first-order chi connectivity index (χ1) is 10.1. The third-order valence-corrected chi connectivity index (χ3v) is 3.55. The summed E-state index contributed by atoms with van der Waals surface area (Å²) in [5.41, 5.74) is 1.25. The second kappa shape index (κ2) is 7.48. The van der Waals surface area contributed by atoms with Crippen molar-refractivity contribution in [3.8, 4) is 5.75 Å². The van der Waals surface area contributed by atoms with Crippen LogP contribution in [0.3, 0.4) is 0 Å². The van der Waals surface area contributed by atoms with Crippen molar-refractivity contribution in [1.82, 2.24) is 14.9 Å². The Morgan fingerprint density at radius 3 is 2.57 bits per heavy atom. The standard InChI is InChI=1S/C16H22ClN3O/c1-12(2)8-18-9-13-4-6-14(7-5-13)21-11-16-19-10-15(17)20(16)3/h4-7,10,12,18H,8-9,11H2,1-3H3. The number of nitrogens with one attached hydrogen (secondary N) is 1. The van der Waals surface area contributed by atoms with Gasteiger partial charge in [-0.1, -0.05) is 37.6 Å². The van der Waals surface area contributed by atoms with Crippen LogP contribution in [0.25, 0.3) is 0 Å². The molecule has 0 spiro atoms. The highest BCUT2D eigenvalue weighted by molar-refractivity contribution is 6.29. The van der Waals surface area contributed by atoms with Crippen LogP contribution in [0.1, 0.15) is 25.2 Å². The summed E-state index contributed by atoms with van der Waals surface area (Å²) in [4.78, 5) is 4.20. The van der Waals surface area contributed by atoms with Crippen LogP contribution < -0.4 is 10.1 Å². The minimum atomic E-state index is 0.411. The van der Waals surface area contributed by atoms with Gasteiger partial charge in [-0.25, -0.2) is 4.98 Å². The van der Waals surface area contributed by atoms with E-state index < -0.39 is 0 Å². The van der Waals surface area contributed by atoms with Crippen molar-refractivity contribution < 1.29 is 4.74 Å². The lowest BCUT2D eigenvalue weighted by atomic mass is 10.2. The maximum Gasteiger partial charge on any atom is 0.147 e. The highest BCUT2D eigenvalue weighted by Crippen LogP contribution is 2.15. The Kier molecular flexibility index (Phi) is 5.65. The van der Waals surface area contributed by atoms with Crippen molar-refractivity contribution in [1.29, 1.82) is 0 Å². The minimum absolute atomic E-state index is 0.411. The lowest BCUT2D eigenvalue weighted by molar-refractivity contribution is 0.291. The monoisotopic (exact) mass is 307 g/mol. The molecule has 114 valence electrons. The molecular weight excluding hydrogens is 286 g/mol. The fourth-order valence-electron chi connectivity index (χ4n) is 1.91. The van der Waals surface area contributed by atoms with Gasteiger partial charge in [0, 0.05) is 13.6 Å². The Morgan fingerprint density at radius 1 is 1.29 bits per heavy atom. The molecule has 4 nitrogen and oxygen atoms in total. The van der Waals surface area contributed by atoms with Crippen molar-refractivity contribution in [2.45, 2.75) is 27.0 Å². The van der Waals surface area contributed by atoms with Gasteiger partial charge in [-0.15, -0.1) is 0 Å². The third kappa shape index (κ3) is 4.76. The Morgan fingerprint density at radius 2 is 2.00 bits per heavy atom. The van der Waals surface area contributed by atoms with Gasteiger partial charge < -0.3 is 14.6 Å². The average molecular weight is 308 g/mol. The molecule has 0 bridgehead atoms. The van der Waals surface area contributed by atoms with E-state index in [1.807, 2.05) is 23.7 Å². The third-order valence-electron chi connectivity index (χ3n) is 3.20. The average Bonchev–Trinajstić information content (AvgIpc) is 2.78. The van der Waals surface area contributed by atoms with E-state index in [-0.39, 0.29) is 0 Å². The molecule has 0 radical (unpaired) electrons. The fraction of sp³-hybridized carbons (Fsp3) is 0.438. The van der Waals surface area contributed by atoms with Crippen molar-refractivity contribution in [2.24, 2.45) is 13.0 Å². The van der Waals surface area contributed by atoms with E-state index in [1.54, 1.807) is 6.20 Å². The molecule has 5 heteroatoms. The molecule has 0 saturated heterocycles. The van der Waals surface area contributed by atoms with Crippen LogP contribution in [0, 0.1) is 5.92 Å². The second-order valence-electron chi connectivity index (χ2n) is 5.51. The predicted octanol–water partition coefficient (Wildman–Crippen LogP) is 3.40. The molecule has 1 aromatic heterocycles. The van der Waals surface area contributed by atoms with Crippen molar-refractivity contribution in [3.63, 3.8) is 0 Å². The van der Waals surface area contributed by atoms with E-state index in [4.69, 9.17) is 16.3 Å². The smallest absolute Gasteiger partial charge is 0.147 e. The molecule has 21 heavy (non-hydrogen) atoms. The van der Waals surface area contributed by atoms with Crippen molar-refractivity contribution in [3.05, 3.63) is 47.0 Å². The van der Waals surface area contributed by atoms with Gasteiger partial charge in [0.1, 0.15) is 23.3 Å². The van der Waals surface area contributed by atoms with E-state index in [2.05, 4.69) is 36.3 Å². The summed E-state index contributed by atoms with van der Waals surface area (Å²) in [7, 11) is 1.87. The summed E-state index contributed by atoms with van der Waals surface area (Å²) >= 11 is 5.94. The molecule has 0 aliphatic rings. The molecule has 0 amide bonds. The predicted molar refractivity (Wildman–Crippen MR) is 85.5 cm³/mol. The molecule has 0 fully saturated rings. The van der Waals surface area contributed by atoms with Crippen LogP contribution in [0.5, 0.6) is 5.75 Å². The van der Waals surface area contributed by atoms with Gasteiger partial charge in [0.25, 0.3) is 0 Å². The SMILES string of the molecule is CC(C)CNCc1ccc(OCc2ncc(Cl)n2C)cc1. The van der Waals surface area contributed by atoms with E-state index in [0.717, 1.165) is 24.7 Å². The van der Waals surface area contributed by atoms with Crippen LogP contribution in [0.4, 0.5) is 0 Å². The summed E-state index contributed by atoms with van der Waals surface area (Å²) in [6.07, 6.45) is 1.63. The van der Waals surface area contributed by atoms with Crippen LogP contribution in [-0.2, 0) is 20.2 Å². The van der Waals surface area contributed by atoms with Crippen molar-refractivity contribution >= 4 is 11.6 Å². The molecule has 1 aromatic carbocycles. The van der Waals surface area contributed by atoms with E-state index in [0.29, 0.717) is 17.7 Å². The molecule has 1 heterocycles. The van der Waals surface area contributed by atoms with E-state index >= 15 is 0 Å². The molecule has 0 aliphatic heterocycles. The number of aromatic nitrogens is 2. The number of imidazole rings is 1. The van der Waals surface area contributed by atoms with Gasteiger partial charge in [0.05, 0.1) is 6.20 Å². The zero-order valence-electron chi connectivity index (χ0n) is 12.8. The molecule has 2 aromatic rings. The first kappa shape index (κ1) is 15.9. The Hall–Kier alpha value is -1.52. The van der Waals surface area contributed by atoms with Gasteiger partial charge in [-0.05, 0) is 30.2 Å². The topological polar surface area (TPSA) is 39.1 Å². The minimum Gasteiger partial charge on any atom is -0.486 e. The summed E-state index contributed by atoms with van der Waals surface area (Å²) < 4.78 is 7.53. The maximum atomic E-state index is 5.94. The largest absolute Gasteiger partial charge is 0.486 e. The maximum absolute atomic E-state index is 5.94. The number of nitrogens with zero attached hydrogens (tertiary/aromatic N) is 2. The zero-order chi connectivity index (χ0) is 15.2. The molecule has 0 unspecified atom stereocenters. The summed E-state index contributed by atoms with van der Waals surface area (Å²) in [5.74, 6) is 2.31. The summed E-state index contributed by atoms with van der Waals surface area (Å²) in [5, 5.41) is 4.03. The molecule has 2 rings (SSSR count).